The van der Waals surface area contributed by atoms with Gasteiger partial charge in [0.15, 0.2) is 6.10 Å². The van der Waals surface area contributed by atoms with Gasteiger partial charge in [0.2, 0.25) is 0 Å². The first-order valence-corrected chi connectivity index (χ1v) is 27.3. The van der Waals surface area contributed by atoms with Crippen molar-refractivity contribution >= 4 is 17.9 Å². The topological polar surface area (TPSA) is 78.9 Å². The Hall–Kier alpha value is -4.45. The predicted molar refractivity (Wildman–Crippen MR) is 292 cm³/mol. The molecule has 0 N–H and O–H groups in total. The summed E-state index contributed by atoms with van der Waals surface area (Å²) in [6.07, 6.45) is 77.3. The van der Waals surface area contributed by atoms with Crippen LogP contribution in [0.25, 0.3) is 0 Å². The van der Waals surface area contributed by atoms with Gasteiger partial charge in [0.25, 0.3) is 0 Å². The Labute approximate surface area is 417 Å². The van der Waals surface area contributed by atoms with E-state index in [1.807, 2.05) is 48.6 Å². The van der Waals surface area contributed by atoms with E-state index in [2.05, 4.69) is 106 Å². The van der Waals surface area contributed by atoms with Crippen molar-refractivity contribution < 1.29 is 28.6 Å². The second kappa shape index (κ2) is 55.1. The summed E-state index contributed by atoms with van der Waals surface area (Å²) < 4.78 is 16.7. The second-order valence-electron chi connectivity index (χ2n) is 17.5. The summed E-state index contributed by atoms with van der Waals surface area (Å²) in [5, 5.41) is 0. The highest BCUT2D eigenvalue weighted by molar-refractivity contribution is 5.71. The molecule has 0 aromatic rings. The van der Waals surface area contributed by atoms with Crippen molar-refractivity contribution in [2.24, 2.45) is 0 Å². The molecule has 0 heterocycles. The zero-order valence-corrected chi connectivity index (χ0v) is 43.6. The molecule has 68 heavy (non-hydrogen) atoms. The van der Waals surface area contributed by atoms with E-state index in [1.165, 1.54) is 70.6 Å². The van der Waals surface area contributed by atoms with E-state index in [9.17, 15) is 14.4 Å². The molecule has 0 fully saturated rings. The summed E-state index contributed by atoms with van der Waals surface area (Å²) in [4.78, 5) is 38.1. The quantitative estimate of drug-likeness (QED) is 0.0199. The van der Waals surface area contributed by atoms with E-state index in [0.29, 0.717) is 19.3 Å². The molecule has 0 aliphatic heterocycles. The molecule has 0 radical (unpaired) electrons. The molecule has 382 valence electrons. The Bertz CT molecular complexity index is 1500. The number of carbonyl (C=O) groups is 3. The lowest BCUT2D eigenvalue weighted by Crippen LogP contribution is -2.30. The molecule has 6 nitrogen and oxygen atoms in total. The van der Waals surface area contributed by atoms with Gasteiger partial charge in [0, 0.05) is 19.3 Å². The van der Waals surface area contributed by atoms with Crippen LogP contribution in [0.4, 0.5) is 0 Å². The molecule has 6 heteroatoms. The summed E-state index contributed by atoms with van der Waals surface area (Å²) in [5.41, 5.74) is 0. The average molecular weight is 939 g/mol. The molecular weight excluding hydrogens is 841 g/mol. The van der Waals surface area contributed by atoms with Crippen LogP contribution in [0.15, 0.2) is 134 Å². The van der Waals surface area contributed by atoms with E-state index in [0.717, 1.165) is 103 Å². The van der Waals surface area contributed by atoms with Crippen LogP contribution >= 0.6 is 0 Å². The smallest absolute Gasteiger partial charge is 0.306 e. The molecule has 0 aliphatic rings. The number of carbonyl (C=O) groups excluding carboxylic acids is 3. The number of esters is 3. The molecule has 0 aromatic carbocycles. The zero-order valence-electron chi connectivity index (χ0n) is 43.6. The van der Waals surface area contributed by atoms with Crippen molar-refractivity contribution in [1.29, 1.82) is 0 Å². The maximum absolute atomic E-state index is 12.8. The van der Waals surface area contributed by atoms with Crippen molar-refractivity contribution in [1.82, 2.24) is 0 Å². The molecule has 0 amide bonds. The Morgan fingerprint density at radius 1 is 0.324 bits per heavy atom. The minimum atomic E-state index is -0.834. The minimum absolute atomic E-state index is 0.123. The standard InChI is InChI=1S/C62H98O6/c1-4-7-10-13-16-19-22-25-28-30-32-34-37-40-43-46-49-52-55-61(64)67-58-59(57-66-60(63)54-51-48-45-42-39-36-33-27-24-21-18-15-12-9-6-3)68-62(65)56-53-50-47-44-41-38-35-31-29-26-23-20-17-14-11-8-5-2/h8-9,11-12,15,17-18,20-21,24,26-27,29,32-36,38-39,44,47,59H,4-7,10,13-14,16,19,22-23,25,28,30-31,37,40-43,45-46,48-58H2,1-3H3/b11-8-,12-9-,18-15-,20-17-,24-21-,29-26-,33-27-,34-32-,38-35-,39-36-,47-44-. The van der Waals surface area contributed by atoms with Gasteiger partial charge in [-0.1, -0.05) is 231 Å². The highest BCUT2D eigenvalue weighted by Crippen LogP contribution is 2.13. The van der Waals surface area contributed by atoms with Crippen molar-refractivity contribution in [2.75, 3.05) is 13.2 Å². The Kier molecular flexibility index (Phi) is 51.5. The van der Waals surface area contributed by atoms with Gasteiger partial charge in [-0.2, -0.15) is 0 Å². The average Bonchev–Trinajstić information content (AvgIpc) is 3.34. The number of unbranched alkanes of at least 4 members (excludes halogenated alkanes) is 18. The van der Waals surface area contributed by atoms with E-state index < -0.39 is 6.10 Å². The number of hydrogen-bond donors (Lipinski definition) is 0. The molecule has 0 aliphatic carbocycles. The molecule has 0 saturated carbocycles. The highest BCUT2D eigenvalue weighted by atomic mass is 16.6. The lowest BCUT2D eigenvalue weighted by Gasteiger charge is -2.18. The second-order valence-corrected chi connectivity index (χ2v) is 17.5. The van der Waals surface area contributed by atoms with Crippen LogP contribution in [0.3, 0.4) is 0 Å². The van der Waals surface area contributed by atoms with Crippen LogP contribution in [0.2, 0.25) is 0 Å². The van der Waals surface area contributed by atoms with E-state index in [4.69, 9.17) is 14.2 Å². The number of hydrogen-bond acceptors (Lipinski definition) is 6. The fourth-order valence-corrected chi connectivity index (χ4v) is 6.96. The minimum Gasteiger partial charge on any atom is -0.462 e. The van der Waals surface area contributed by atoms with Crippen LogP contribution in [0.5, 0.6) is 0 Å². The van der Waals surface area contributed by atoms with Crippen LogP contribution in [-0.4, -0.2) is 37.2 Å². The Morgan fingerprint density at radius 3 is 1.15 bits per heavy atom. The van der Waals surface area contributed by atoms with Gasteiger partial charge in [-0.05, 0) is 103 Å². The third-order valence-electron chi connectivity index (χ3n) is 11.0. The van der Waals surface area contributed by atoms with Crippen LogP contribution < -0.4 is 0 Å². The van der Waals surface area contributed by atoms with Crippen molar-refractivity contribution in [3.05, 3.63) is 134 Å². The van der Waals surface area contributed by atoms with E-state index in [1.54, 1.807) is 0 Å². The van der Waals surface area contributed by atoms with Gasteiger partial charge in [0.05, 0.1) is 0 Å². The zero-order chi connectivity index (χ0) is 49.3. The fourth-order valence-electron chi connectivity index (χ4n) is 6.96. The fraction of sp³-hybridized carbons (Fsp3) is 0.597. The van der Waals surface area contributed by atoms with Crippen molar-refractivity contribution in [2.45, 2.75) is 226 Å². The highest BCUT2D eigenvalue weighted by Gasteiger charge is 2.19. The SMILES string of the molecule is CC\C=C/C=C\C=C/C=C\C=C/CCCCCC(=O)OCC(COC(=O)CCCCCCC/C=C\CCCCCCCCCCC)OC(=O)CCC/C=C\C/C=C\C/C=C\C/C=C\C/C=C\CC. The predicted octanol–water partition coefficient (Wildman–Crippen LogP) is 18.3. The Morgan fingerprint density at radius 2 is 0.662 bits per heavy atom. The monoisotopic (exact) mass is 939 g/mol. The third-order valence-corrected chi connectivity index (χ3v) is 11.0. The number of allylic oxidation sites excluding steroid dienone is 22. The first-order chi connectivity index (χ1) is 33.5. The third kappa shape index (κ3) is 52.5. The van der Waals surface area contributed by atoms with Crippen LogP contribution in [-0.2, 0) is 28.6 Å². The van der Waals surface area contributed by atoms with E-state index >= 15 is 0 Å². The van der Waals surface area contributed by atoms with Gasteiger partial charge in [0.1, 0.15) is 13.2 Å². The van der Waals surface area contributed by atoms with Gasteiger partial charge < -0.3 is 14.2 Å². The Balaban J connectivity index is 4.57. The van der Waals surface area contributed by atoms with Gasteiger partial charge in [-0.15, -0.1) is 0 Å². The maximum Gasteiger partial charge on any atom is 0.306 e. The molecule has 1 atom stereocenters. The lowest BCUT2D eigenvalue weighted by molar-refractivity contribution is -0.167. The summed E-state index contributed by atoms with van der Waals surface area (Å²) in [6, 6.07) is 0. The first kappa shape index (κ1) is 63.5. The molecule has 0 spiro atoms. The van der Waals surface area contributed by atoms with Crippen LogP contribution in [0, 0.1) is 0 Å². The van der Waals surface area contributed by atoms with Gasteiger partial charge in [-0.25, -0.2) is 0 Å². The number of ether oxygens (including phenoxy) is 3. The maximum atomic E-state index is 12.8. The largest absolute Gasteiger partial charge is 0.462 e. The molecule has 0 saturated heterocycles. The first-order valence-electron chi connectivity index (χ1n) is 27.3. The molecule has 0 rings (SSSR count). The van der Waals surface area contributed by atoms with Gasteiger partial charge >= 0.3 is 17.9 Å². The normalized spacial score (nSPS) is 13.2. The van der Waals surface area contributed by atoms with Gasteiger partial charge in [-0.3, -0.25) is 14.4 Å². The van der Waals surface area contributed by atoms with E-state index in [-0.39, 0.29) is 37.5 Å². The van der Waals surface area contributed by atoms with Crippen molar-refractivity contribution in [3.8, 4) is 0 Å². The molecule has 1 unspecified atom stereocenters. The summed E-state index contributed by atoms with van der Waals surface area (Å²) in [5.74, 6) is -1.04. The number of rotatable bonds is 47. The van der Waals surface area contributed by atoms with Crippen LogP contribution in [0.1, 0.15) is 220 Å². The van der Waals surface area contributed by atoms with Crippen molar-refractivity contribution in [3.63, 3.8) is 0 Å². The molecule has 0 aromatic heterocycles. The molecular formula is C62H98O6. The summed E-state index contributed by atoms with van der Waals surface area (Å²) in [7, 11) is 0. The molecule has 0 bridgehead atoms. The summed E-state index contributed by atoms with van der Waals surface area (Å²) >= 11 is 0. The summed E-state index contributed by atoms with van der Waals surface area (Å²) in [6.45, 7) is 6.28. The lowest BCUT2D eigenvalue weighted by atomic mass is 10.1.